The molecule has 0 aromatic rings. The molecule has 0 saturated carbocycles. The quantitative estimate of drug-likeness (QED) is 0.163. The fraction of sp³-hybridized carbons (Fsp3) is 0.556. The molecule has 0 amide bonds. The van der Waals surface area contributed by atoms with Crippen molar-refractivity contribution in [3.8, 4) is 0 Å². The van der Waals surface area contributed by atoms with E-state index in [1.165, 1.54) is 6.08 Å². The van der Waals surface area contributed by atoms with Crippen molar-refractivity contribution >= 4 is 81.2 Å². The Labute approximate surface area is 167 Å². The summed E-state index contributed by atoms with van der Waals surface area (Å²) >= 11 is 0. The molecule has 0 aliphatic heterocycles. The van der Waals surface area contributed by atoms with E-state index in [0.29, 0.717) is 6.54 Å². The third kappa shape index (κ3) is 18.5. The fourth-order valence-electron chi connectivity index (χ4n) is 0.703. The topological polar surface area (TPSA) is 164 Å². The van der Waals surface area contributed by atoms with Crippen LogP contribution in [-0.4, -0.2) is 119 Å². The molecule has 0 saturated heterocycles. The number of hydrogen-bond donors (Lipinski definition) is 4. The second-order valence-corrected chi connectivity index (χ2v) is 4.63. The van der Waals surface area contributed by atoms with Gasteiger partial charge in [-0.2, -0.15) is 8.42 Å². The van der Waals surface area contributed by atoms with Gasteiger partial charge in [-0.15, -0.1) is 0 Å². The first kappa shape index (κ1) is 29.5. The van der Waals surface area contributed by atoms with Gasteiger partial charge < -0.3 is 20.7 Å². The van der Waals surface area contributed by atoms with Crippen LogP contribution in [0.4, 0.5) is 0 Å². The normalized spacial score (nSPS) is 10.6. The molecule has 0 aromatic heterocycles. The van der Waals surface area contributed by atoms with E-state index in [0.717, 1.165) is 0 Å². The van der Waals surface area contributed by atoms with Crippen molar-refractivity contribution in [3.05, 3.63) is 12.7 Å². The average Bonchev–Trinajstić information content (AvgIpc) is 2.31. The first-order chi connectivity index (χ1) is 8.70. The molecular formula is C9H19NNa2O8S. The van der Waals surface area contributed by atoms with Crippen molar-refractivity contribution < 1.29 is 37.5 Å². The van der Waals surface area contributed by atoms with E-state index in [-0.39, 0.29) is 72.3 Å². The van der Waals surface area contributed by atoms with Gasteiger partial charge in [-0.1, -0.05) is 12.7 Å². The van der Waals surface area contributed by atoms with E-state index < -0.39 is 33.7 Å². The van der Waals surface area contributed by atoms with E-state index in [9.17, 15) is 18.0 Å². The fourth-order valence-corrected chi connectivity index (χ4v) is 1.37. The van der Waals surface area contributed by atoms with Crippen molar-refractivity contribution in [1.29, 1.82) is 0 Å². The van der Waals surface area contributed by atoms with Crippen LogP contribution in [0, 0.1) is 0 Å². The number of carbonyl (C=O) groups excluding carboxylic acids is 1. The zero-order valence-electron chi connectivity index (χ0n) is 10.1. The van der Waals surface area contributed by atoms with Crippen LogP contribution in [0.1, 0.15) is 6.42 Å². The first-order valence-electron chi connectivity index (χ1n) is 4.97. The Morgan fingerprint density at radius 3 is 2.00 bits per heavy atom. The van der Waals surface area contributed by atoms with Gasteiger partial charge in [-0.25, -0.2) is 0 Å². The molecule has 0 radical (unpaired) electrons. The Morgan fingerprint density at radius 1 is 1.33 bits per heavy atom. The van der Waals surface area contributed by atoms with Gasteiger partial charge in [0.25, 0.3) is 10.1 Å². The van der Waals surface area contributed by atoms with Crippen LogP contribution in [0.2, 0.25) is 0 Å². The number of aliphatic carboxylic acids is 1. The summed E-state index contributed by atoms with van der Waals surface area (Å²) in [6.07, 6.45) is 0.133. The van der Waals surface area contributed by atoms with E-state index in [2.05, 4.69) is 11.3 Å². The zero-order valence-corrected chi connectivity index (χ0v) is 10.9. The molecule has 9 nitrogen and oxygen atoms in total. The molecule has 0 heterocycles. The summed E-state index contributed by atoms with van der Waals surface area (Å²) in [5.41, 5.74) is 4.78. The van der Waals surface area contributed by atoms with Gasteiger partial charge in [0.05, 0.1) is 13.0 Å². The summed E-state index contributed by atoms with van der Waals surface area (Å²) in [5, 5.41) is 14.0. The number of hydrogen-bond acceptors (Lipinski definition) is 7. The second-order valence-electron chi connectivity index (χ2n) is 3.03. The number of carboxylic acid groups (broad SMARTS) is 1. The Kier molecular flexibility index (Phi) is 23.7. The molecule has 0 aromatic carbocycles. The standard InChI is InChI=1S/C7H10O7S.C2H7NO.2Na.2H/c1-2-3-14-7(10)5(4-6(8)9)15(11,12)13;3-1-2-4;;;;/h2,5H,1,3-4H2,(H,8,9)(H,11,12,13);4H,1-3H2;;;;. The Bertz CT molecular complexity index is 399. The molecule has 5 N–H and O–H groups in total. The average molecular weight is 347 g/mol. The van der Waals surface area contributed by atoms with Crippen LogP contribution >= 0.6 is 0 Å². The molecule has 0 fully saturated rings. The van der Waals surface area contributed by atoms with Crippen molar-refractivity contribution in [2.45, 2.75) is 11.7 Å². The molecule has 0 aliphatic carbocycles. The molecule has 0 rings (SSSR count). The van der Waals surface area contributed by atoms with E-state index in [1.54, 1.807) is 0 Å². The summed E-state index contributed by atoms with van der Waals surface area (Å²) in [6, 6.07) is 0. The number of carboxylic acids is 1. The van der Waals surface area contributed by atoms with Crippen molar-refractivity contribution in [2.24, 2.45) is 5.73 Å². The number of ether oxygens (including phenoxy) is 1. The van der Waals surface area contributed by atoms with Crippen LogP contribution in [0.25, 0.3) is 0 Å². The molecule has 12 heteroatoms. The van der Waals surface area contributed by atoms with Gasteiger partial charge in [-0.05, 0) is 0 Å². The number of rotatable bonds is 7. The summed E-state index contributed by atoms with van der Waals surface area (Å²) < 4.78 is 34.2. The zero-order chi connectivity index (χ0) is 15.5. The van der Waals surface area contributed by atoms with Crippen molar-refractivity contribution in [1.82, 2.24) is 0 Å². The van der Waals surface area contributed by atoms with E-state index >= 15 is 0 Å². The number of carbonyl (C=O) groups is 2. The van der Waals surface area contributed by atoms with Gasteiger partial charge in [0.15, 0.2) is 5.25 Å². The maximum atomic E-state index is 11.0. The third-order valence-corrected chi connectivity index (χ3v) is 2.53. The van der Waals surface area contributed by atoms with Crippen LogP contribution in [0.5, 0.6) is 0 Å². The summed E-state index contributed by atoms with van der Waals surface area (Å²) in [6.45, 7) is 3.42. The summed E-state index contributed by atoms with van der Waals surface area (Å²) in [5.74, 6) is -2.85. The molecule has 1 atom stereocenters. The van der Waals surface area contributed by atoms with Crippen molar-refractivity contribution in [3.63, 3.8) is 0 Å². The second kappa shape index (κ2) is 16.9. The van der Waals surface area contributed by atoms with Crippen molar-refractivity contribution in [2.75, 3.05) is 19.8 Å². The summed E-state index contributed by atoms with van der Waals surface area (Å²) in [4.78, 5) is 21.2. The maximum absolute atomic E-state index is 11.0. The van der Waals surface area contributed by atoms with Gasteiger partial charge in [0.1, 0.15) is 6.61 Å². The number of nitrogens with two attached hydrogens (primary N) is 1. The molecule has 116 valence electrons. The van der Waals surface area contributed by atoms with Crippen LogP contribution in [-0.2, 0) is 24.4 Å². The minimum atomic E-state index is -4.78. The van der Waals surface area contributed by atoms with E-state index in [1.807, 2.05) is 0 Å². The molecule has 0 bridgehead atoms. The SMILES string of the molecule is C=CCOC(=O)C(CC(=O)O)S(=O)(=O)O.NCCO.[NaH].[NaH]. The monoisotopic (exact) mass is 347 g/mol. The predicted octanol–water partition coefficient (Wildman–Crippen LogP) is -2.91. The molecular weight excluding hydrogens is 328 g/mol. The molecule has 1 unspecified atom stereocenters. The minimum absolute atomic E-state index is 0. The van der Waals surface area contributed by atoms with Crippen LogP contribution in [0.3, 0.4) is 0 Å². The number of aliphatic hydroxyl groups excluding tert-OH is 1. The Balaban J connectivity index is -0.000000213. The van der Waals surface area contributed by atoms with Gasteiger partial charge >= 0.3 is 71.1 Å². The van der Waals surface area contributed by atoms with Crippen LogP contribution < -0.4 is 5.73 Å². The third-order valence-electron chi connectivity index (χ3n) is 1.45. The Hall–Kier alpha value is 0.510. The van der Waals surface area contributed by atoms with Gasteiger partial charge in [0, 0.05) is 6.54 Å². The van der Waals surface area contributed by atoms with Gasteiger partial charge in [-0.3, -0.25) is 14.1 Å². The number of esters is 1. The Morgan fingerprint density at radius 2 is 1.76 bits per heavy atom. The van der Waals surface area contributed by atoms with Gasteiger partial charge in [0.2, 0.25) is 0 Å². The molecule has 0 aliphatic rings. The molecule has 21 heavy (non-hydrogen) atoms. The summed E-state index contributed by atoms with van der Waals surface area (Å²) in [7, 11) is -4.78. The predicted molar refractivity (Wildman–Crippen MR) is 79.2 cm³/mol. The molecule has 0 spiro atoms. The van der Waals surface area contributed by atoms with Crippen LogP contribution in [0.15, 0.2) is 12.7 Å². The van der Waals surface area contributed by atoms with E-state index in [4.69, 9.17) is 20.5 Å². The first-order valence-corrected chi connectivity index (χ1v) is 6.47. The number of aliphatic hydroxyl groups is 1.